The van der Waals surface area contributed by atoms with Crippen LogP contribution >= 0.6 is 0 Å². The predicted octanol–water partition coefficient (Wildman–Crippen LogP) is 3.77. The van der Waals surface area contributed by atoms with E-state index in [-0.39, 0.29) is 17.9 Å². The molecule has 7 nitrogen and oxygen atoms in total. The molecule has 3 rings (SSSR count). The number of aromatic nitrogens is 3. The summed E-state index contributed by atoms with van der Waals surface area (Å²) in [7, 11) is 0. The van der Waals surface area contributed by atoms with Crippen molar-refractivity contribution < 1.29 is 14.1 Å². The van der Waals surface area contributed by atoms with Crippen LogP contribution in [-0.2, 0) is 6.54 Å². The van der Waals surface area contributed by atoms with Crippen molar-refractivity contribution in [2.75, 3.05) is 0 Å². The zero-order valence-electron chi connectivity index (χ0n) is 16.2. The van der Waals surface area contributed by atoms with E-state index in [1.807, 2.05) is 39.8 Å². The molecule has 142 valence electrons. The van der Waals surface area contributed by atoms with Gasteiger partial charge in [-0.25, -0.2) is 9.97 Å². The topological polar surface area (TPSA) is 90.1 Å². The number of hydrogen-bond donors (Lipinski definition) is 1. The minimum absolute atomic E-state index is 0.0686. The van der Waals surface area contributed by atoms with Gasteiger partial charge in [0.05, 0.1) is 22.7 Å². The summed E-state index contributed by atoms with van der Waals surface area (Å²) in [6.07, 6.45) is 1.77. The van der Waals surface area contributed by atoms with Crippen LogP contribution in [0.15, 0.2) is 28.9 Å². The molecule has 27 heavy (non-hydrogen) atoms. The fraction of sp³-hybridized carbons (Fsp3) is 0.400. The molecule has 0 saturated heterocycles. The average molecular weight is 368 g/mol. The molecule has 0 atom stereocenters. The summed E-state index contributed by atoms with van der Waals surface area (Å²) >= 11 is 0. The Bertz CT molecular complexity index is 946. The Hall–Kier alpha value is -2.96. The van der Waals surface area contributed by atoms with Crippen LogP contribution in [0.1, 0.15) is 60.9 Å². The van der Waals surface area contributed by atoms with E-state index in [0.29, 0.717) is 34.8 Å². The van der Waals surface area contributed by atoms with Crippen LogP contribution in [0.4, 0.5) is 0 Å². The Morgan fingerprint density at radius 1 is 1.26 bits per heavy atom. The number of pyridine rings is 2. The first-order chi connectivity index (χ1) is 12.8. The molecule has 0 fully saturated rings. The predicted molar refractivity (Wildman–Crippen MR) is 102 cm³/mol. The number of nitrogens with one attached hydrogen (secondary N) is 1. The van der Waals surface area contributed by atoms with E-state index in [9.17, 15) is 4.79 Å². The van der Waals surface area contributed by atoms with E-state index in [2.05, 4.69) is 20.4 Å². The van der Waals surface area contributed by atoms with Gasteiger partial charge in [0.15, 0.2) is 0 Å². The highest BCUT2D eigenvalue weighted by Crippen LogP contribution is 2.25. The van der Waals surface area contributed by atoms with Crippen LogP contribution < -0.4 is 10.1 Å². The lowest BCUT2D eigenvalue weighted by Gasteiger charge is -2.11. The normalized spacial score (nSPS) is 11.4. The molecular formula is C20H24N4O3. The van der Waals surface area contributed by atoms with E-state index in [4.69, 9.17) is 9.26 Å². The SMILES string of the molecule is Cc1noc2nc(C(C)C)cc(C(=O)NCc3ccc(OC(C)C)nc3)c12. The van der Waals surface area contributed by atoms with Gasteiger partial charge in [-0.1, -0.05) is 25.1 Å². The summed E-state index contributed by atoms with van der Waals surface area (Å²) in [6, 6.07) is 5.49. The first kappa shape index (κ1) is 18.8. The smallest absolute Gasteiger partial charge is 0.259 e. The summed E-state index contributed by atoms with van der Waals surface area (Å²) in [5, 5.41) is 7.53. The Labute approximate surface area is 158 Å². The van der Waals surface area contributed by atoms with Crippen LogP contribution in [0.3, 0.4) is 0 Å². The number of aryl methyl sites for hydroxylation is 1. The summed E-state index contributed by atoms with van der Waals surface area (Å²) in [5.41, 5.74) is 3.24. The second-order valence-electron chi connectivity index (χ2n) is 7.05. The minimum atomic E-state index is -0.196. The molecule has 0 bridgehead atoms. The molecule has 0 aromatic carbocycles. The van der Waals surface area contributed by atoms with Gasteiger partial charge >= 0.3 is 0 Å². The maximum absolute atomic E-state index is 12.8. The maximum atomic E-state index is 12.8. The lowest BCUT2D eigenvalue weighted by molar-refractivity contribution is 0.0952. The zero-order chi connectivity index (χ0) is 19.6. The highest BCUT2D eigenvalue weighted by Gasteiger charge is 2.19. The lowest BCUT2D eigenvalue weighted by atomic mass is 10.0. The van der Waals surface area contributed by atoms with Crippen molar-refractivity contribution in [2.24, 2.45) is 0 Å². The van der Waals surface area contributed by atoms with Crippen molar-refractivity contribution in [3.05, 3.63) is 46.9 Å². The number of carbonyl (C=O) groups is 1. The fourth-order valence-electron chi connectivity index (χ4n) is 2.69. The number of hydrogen-bond acceptors (Lipinski definition) is 6. The van der Waals surface area contributed by atoms with Gasteiger partial charge in [-0.15, -0.1) is 0 Å². The van der Waals surface area contributed by atoms with Crippen molar-refractivity contribution in [1.29, 1.82) is 0 Å². The van der Waals surface area contributed by atoms with Gasteiger partial charge in [0.25, 0.3) is 11.6 Å². The third-order valence-corrected chi connectivity index (χ3v) is 4.08. The molecule has 0 unspecified atom stereocenters. The molecule has 0 aliphatic rings. The summed E-state index contributed by atoms with van der Waals surface area (Å²) in [5.74, 6) is 0.541. The zero-order valence-corrected chi connectivity index (χ0v) is 16.2. The van der Waals surface area contributed by atoms with E-state index in [0.717, 1.165) is 11.3 Å². The Balaban J connectivity index is 1.79. The molecule has 0 radical (unpaired) electrons. The van der Waals surface area contributed by atoms with Gasteiger partial charge < -0.3 is 14.6 Å². The van der Waals surface area contributed by atoms with Gasteiger partial charge in [-0.3, -0.25) is 4.79 Å². The first-order valence-electron chi connectivity index (χ1n) is 9.02. The number of amides is 1. The van der Waals surface area contributed by atoms with Crippen molar-refractivity contribution >= 4 is 17.0 Å². The van der Waals surface area contributed by atoms with Crippen molar-refractivity contribution in [3.8, 4) is 5.88 Å². The van der Waals surface area contributed by atoms with E-state index in [1.54, 1.807) is 19.2 Å². The van der Waals surface area contributed by atoms with Crippen molar-refractivity contribution in [2.45, 2.75) is 53.2 Å². The van der Waals surface area contributed by atoms with Crippen LogP contribution in [0.2, 0.25) is 0 Å². The van der Waals surface area contributed by atoms with E-state index in [1.165, 1.54) is 0 Å². The van der Waals surface area contributed by atoms with Gasteiger partial charge in [-0.05, 0) is 38.3 Å². The first-order valence-corrected chi connectivity index (χ1v) is 9.02. The number of nitrogens with zero attached hydrogens (tertiary/aromatic N) is 3. The highest BCUT2D eigenvalue weighted by molar-refractivity contribution is 6.06. The Kier molecular flexibility index (Phi) is 5.39. The lowest BCUT2D eigenvalue weighted by Crippen LogP contribution is -2.23. The van der Waals surface area contributed by atoms with Gasteiger partial charge in [0.2, 0.25) is 5.88 Å². The monoisotopic (exact) mass is 368 g/mol. The van der Waals surface area contributed by atoms with Crippen LogP contribution in [-0.4, -0.2) is 27.1 Å². The molecule has 1 amide bonds. The molecule has 3 aromatic rings. The molecule has 0 spiro atoms. The third kappa shape index (κ3) is 4.24. The van der Waals surface area contributed by atoms with Crippen LogP contribution in [0.25, 0.3) is 11.1 Å². The molecule has 1 N–H and O–H groups in total. The molecule has 0 saturated carbocycles. The largest absolute Gasteiger partial charge is 0.475 e. The molecular weight excluding hydrogens is 344 g/mol. The molecule has 0 aliphatic carbocycles. The second-order valence-corrected chi connectivity index (χ2v) is 7.05. The molecule has 3 aromatic heterocycles. The summed E-state index contributed by atoms with van der Waals surface area (Å²) < 4.78 is 10.8. The van der Waals surface area contributed by atoms with Gasteiger partial charge in [0.1, 0.15) is 0 Å². The summed E-state index contributed by atoms with van der Waals surface area (Å²) in [4.78, 5) is 21.5. The molecule has 0 aliphatic heterocycles. The number of rotatable bonds is 6. The van der Waals surface area contributed by atoms with Crippen LogP contribution in [0, 0.1) is 6.92 Å². The second kappa shape index (κ2) is 7.73. The van der Waals surface area contributed by atoms with Gasteiger partial charge in [-0.2, -0.15) is 0 Å². The van der Waals surface area contributed by atoms with E-state index >= 15 is 0 Å². The van der Waals surface area contributed by atoms with Gasteiger partial charge in [0, 0.05) is 24.5 Å². The number of fused-ring (bicyclic) bond motifs is 1. The standard InChI is InChI=1S/C20H24N4O3/c1-11(2)16-8-15(18-13(5)24-27-20(18)23-16)19(25)22-10-14-6-7-17(21-9-14)26-12(3)4/h6-9,11-12H,10H2,1-5H3,(H,22,25). The number of carbonyl (C=O) groups excluding carboxylic acids is 1. The Morgan fingerprint density at radius 3 is 2.67 bits per heavy atom. The highest BCUT2D eigenvalue weighted by atomic mass is 16.5. The third-order valence-electron chi connectivity index (χ3n) is 4.08. The van der Waals surface area contributed by atoms with Crippen molar-refractivity contribution in [3.63, 3.8) is 0 Å². The Morgan fingerprint density at radius 2 is 2.04 bits per heavy atom. The fourth-order valence-corrected chi connectivity index (χ4v) is 2.69. The quantitative estimate of drug-likeness (QED) is 0.712. The average Bonchev–Trinajstić information content (AvgIpc) is 3.00. The molecule has 7 heteroatoms. The summed E-state index contributed by atoms with van der Waals surface area (Å²) in [6.45, 7) is 10.1. The van der Waals surface area contributed by atoms with Crippen molar-refractivity contribution in [1.82, 2.24) is 20.4 Å². The van der Waals surface area contributed by atoms with E-state index < -0.39 is 0 Å². The molecule has 3 heterocycles. The maximum Gasteiger partial charge on any atom is 0.259 e. The minimum Gasteiger partial charge on any atom is -0.475 e. The van der Waals surface area contributed by atoms with Crippen LogP contribution in [0.5, 0.6) is 5.88 Å². The number of ether oxygens (including phenoxy) is 1.